The molecule has 1 saturated carbocycles. The summed E-state index contributed by atoms with van der Waals surface area (Å²) in [5.41, 5.74) is 1.20. The molecule has 0 aromatic rings. The van der Waals surface area contributed by atoms with Gasteiger partial charge in [-0.15, -0.1) is 0 Å². The van der Waals surface area contributed by atoms with Crippen molar-refractivity contribution in [2.75, 3.05) is 0 Å². The van der Waals surface area contributed by atoms with Crippen LogP contribution in [-0.2, 0) is 9.59 Å². The second kappa shape index (κ2) is 5.56. The highest BCUT2D eigenvalue weighted by Crippen LogP contribution is 2.28. The fourth-order valence-corrected chi connectivity index (χ4v) is 3.19. The third-order valence-electron chi connectivity index (χ3n) is 3.03. The third-order valence-corrected chi connectivity index (χ3v) is 4.12. The average Bonchev–Trinajstić information content (AvgIpc) is 2.58. The third kappa shape index (κ3) is 3.35. The van der Waals surface area contributed by atoms with Crippen molar-refractivity contribution in [3.05, 3.63) is 12.2 Å². The molecule has 18 heavy (non-hydrogen) atoms. The van der Waals surface area contributed by atoms with Crippen LogP contribution >= 0.6 is 11.8 Å². The first-order valence-electron chi connectivity index (χ1n) is 5.98. The number of nitrogens with one attached hydrogen (secondary N) is 1. The van der Waals surface area contributed by atoms with Crippen LogP contribution in [0.1, 0.15) is 32.1 Å². The van der Waals surface area contributed by atoms with Crippen molar-refractivity contribution in [1.29, 1.82) is 0 Å². The van der Waals surface area contributed by atoms with Gasteiger partial charge in [-0.3, -0.25) is 14.6 Å². The normalized spacial score (nSPS) is 30.6. The molecule has 6 heteroatoms. The largest absolute Gasteiger partial charge is 0.481 e. The fourth-order valence-electron chi connectivity index (χ4n) is 2.16. The van der Waals surface area contributed by atoms with Gasteiger partial charge in [0.2, 0.25) is 5.91 Å². The molecule has 0 aromatic carbocycles. The van der Waals surface area contributed by atoms with Gasteiger partial charge in [0.25, 0.3) is 0 Å². The van der Waals surface area contributed by atoms with Gasteiger partial charge in [-0.2, -0.15) is 0 Å². The lowest BCUT2D eigenvalue weighted by atomic mass is 9.92. The number of amides is 1. The highest BCUT2D eigenvalue weighted by Gasteiger charge is 2.32. The number of aliphatic carboxylic acids is 1. The number of aliphatic imine (C=N–C) groups is 1. The molecule has 2 aliphatic rings. The number of carbonyl (C=O) groups is 2. The Balaban J connectivity index is 1.96. The van der Waals surface area contributed by atoms with Crippen molar-refractivity contribution in [1.82, 2.24) is 5.32 Å². The van der Waals surface area contributed by atoms with Crippen LogP contribution in [-0.4, -0.2) is 33.4 Å². The van der Waals surface area contributed by atoms with Gasteiger partial charge in [-0.1, -0.05) is 23.9 Å². The summed E-state index contributed by atoms with van der Waals surface area (Å²) in [6, 6.07) is 0.178. The van der Waals surface area contributed by atoms with Crippen LogP contribution in [0.25, 0.3) is 0 Å². The predicted molar refractivity (Wildman–Crippen MR) is 70.6 cm³/mol. The maximum Gasteiger partial charge on any atom is 0.305 e. The van der Waals surface area contributed by atoms with E-state index in [1.165, 1.54) is 17.3 Å². The van der Waals surface area contributed by atoms with E-state index in [9.17, 15) is 9.59 Å². The number of carboxylic acid groups (broad SMARTS) is 1. The van der Waals surface area contributed by atoms with Crippen LogP contribution in [0.4, 0.5) is 0 Å². The number of hydrogen-bond acceptors (Lipinski definition) is 4. The summed E-state index contributed by atoms with van der Waals surface area (Å²) in [6.07, 6.45) is 3.85. The van der Waals surface area contributed by atoms with Gasteiger partial charge in [-0.25, -0.2) is 0 Å². The monoisotopic (exact) mass is 268 g/mol. The average molecular weight is 268 g/mol. The topological polar surface area (TPSA) is 78.8 Å². The molecule has 0 radical (unpaired) electrons. The summed E-state index contributed by atoms with van der Waals surface area (Å²) < 4.78 is 0. The first kappa shape index (κ1) is 13.1. The Labute approximate surface area is 110 Å². The molecule has 2 rings (SSSR count). The van der Waals surface area contributed by atoms with Crippen molar-refractivity contribution in [3.8, 4) is 0 Å². The number of nitrogens with zero attached hydrogens (tertiary/aromatic N) is 1. The van der Waals surface area contributed by atoms with Gasteiger partial charge >= 0.3 is 5.97 Å². The number of rotatable bonds is 3. The Kier molecular flexibility index (Phi) is 4.06. The SMILES string of the molecule is C=C1CCCC(N=C2NC(=O)C(CC(=O)O)S2)C1. The molecule has 2 fully saturated rings. The van der Waals surface area contributed by atoms with E-state index >= 15 is 0 Å². The maximum atomic E-state index is 11.5. The summed E-state index contributed by atoms with van der Waals surface area (Å²) in [6.45, 7) is 3.97. The zero-order valence-corrected chi connectivity index (χ0v) is 10.8. The van der Waals surface area contributed by atoms with Crippen molar-refractivity contribution >= 4 is 28.8 Å². The number of hydrogen-bond donors (Lipinski definition) is 2. The van der Waals surface area contributed by atoms with Gasteiger partial charge in [0.1, 0.15) is 5.25 Å². The van der Waals surface area contributed by atoms with E-state index in [4.69, 9.17) is 5.11 Å². The van der Waals surface area contributed by atoms with Crippen LogP contribution < -0.4 is 5.32 Å². The van der Waals surface area contributed by atoms with E-state index in [2.05, 4.69) is 16.9 Å². The molecular weight excluding hydrogens is 252 g/mol. The fraction of sp³-hybridized carbons (Fsp3) is 0.583. The van der Waals surface area contributed by atoms with Crippen molar-refractivity contribution in [2.24, 2.45) is 4.99 Å². The molecular formula is C12H16N2O3S. The summed E-state index contributed by atoms with van der Waals surface area (Å²) in [5, 5.41) is 11.4. The van der Waals surface area contributed by atoms with E-state index in [-0.39, 0.29) is 18.4 Å². The minimum Gasteiger partial charge on any atom is -0.481 e. The Morgan fingerprint density at radius 1 is 1.61 bits per heavy atom. The van der Waals surface area contributed by atoms with Gasteiger partial charge in [0, 0.05) is 0 Å². The number of carboxylic acids is 1. The predicted octanol–water partition coefficient (Wildman–Crippen LogP) is 1.55. The maximum absolute atomic E-state index is 11.5. The molecule has 98 valence electrons. The van der Waals surface area contributed by atoms with E-state index < -0.39 is 11.2 Å². The van der Waals surface area contributed by atoms with Crippen LogP contribution in [0.15, 0.2) is 17.1 Å². The van der Waals surface area contributed by atoms with Gasteiger partial charge in [0.05, 0.1) is 12.5 Å². The van der Waals surface area contributed by atoms with E-state index in [1.807, 2.05) is 0 Å². The van der Waals surface area contributed by atoms with E-state index in [0.717, 1.165) is 25.7 Å². The molecule has 5 nitrogen and oxygen atoms in total. The highest BCUT2D eigenvalue weighted by atomic mass is 32.2. The summed E-state index contributed by atoms with van der Waals surface area (Å²) in [5.74, 6) is -1.22. The van der Waals surface area contributed by atoms with Gasteiger partial charge < -0.3 is 10.4 Å². The van der Waals surface area contributed by atoms with E-state index in [1.54, 1.807) is 0 Å². The second-order valence-electron chi connectivity index (χ2n) is 4.63. The lowest BCUT2D eigenvalue weighted by Gasteiger charge is -2.20. The summed E-state index contributed by atoms with van der Waals surface area (Å²) >= 11 is 1.22. The first-order chi connectivity index (χ1) is 8.54. The molecule has 2 N–H and O–H groups in total. The van der Waals surface area contributed by atoms with Crippen LogP contribution in [0, 0.1) is 0 Å². The lowest BCUT2D eigenvalue weighted by molar-refractivity contribution is -0.138. The minimum absolute atomic E-state index is 0.160. The number of thioether (sulfide) groups is 1. The van der Waals surface area contributed by atoms with Crippen LogP contribution in [0.3, 0.4) is 0 Å². The molecule has 0 spiro atoms. The van der Waals surface area contributed by atoms with Gasteiger partial charge in [0.15, 0.2) is 5.17 Å². The molecule has 1 aliphatic heterocycles. The Hall–Kier alpha value is -1.30. The Morgan fingerprint density at radius 2 is 2.39 bits per heavy atom. The van der Waals surface area contributed by atoms with E-state index in [0.29, 0.717) is 5.17 Å². The Bertz CT molecular complexity index is 420. The summed E-state index contributed by atoms with van der Waals surface area (Å²) in [7, 11) is 0. The lowest BCUT2D eigenvalue weighted by Crippen LogP contribution is -2.27. The molecule has 1 amide bonds. The minimum atomic E-state index is -0.963. The zero-order chi connectivity index (χ0) is 13.1. The molecule has 0 bridgehead atoms. The number of carbonyl (C=O) groups excluding carboxylic acids is 1. The smallest absolute Gasteiger partial charge is 0.305 e. The molecule has 2 atom stereocenters. The van der Waals surface area contributed by atoms with Crippen LogP contribution in [0.5, 0.6) is 0 Å². The van der Waals surface area contributed by atoms with Gasteiger partial charge in [-0.05, 0) is 25.7 Å². The molecule has 1 heterocycles. The Morgan fingerprint density at radius 3 is 3.06 bits per heavy atom. The second-order valence-corrected chi connectivity index (χ2v) is 5.82. The molecule has 0 aromatic heterocycles. The van der Waals surface area contributed by atoms with Crippen molar-refractivity contribution < 1.29 is 14.7 Å². The quantitative estimate of drug-likeness (QED) is 0.761. The highest BCUT2D eigenvalue weighted by molar-refractivity contribution is 8.15. The summed E-state index contributed by atoms with van der Waals surface area (Å²) in [4.78, 5) is 26.6. The van der Waals surface area contributed by atoms with Crippen molar-refractivity contribution in [2.45, 2.75) is 43.4 Å². The number of amidine groups is 1. The first-order valence-corrected chi connectivity index (χ1v) is 6.86. The molecule has 2 unspecified atom stereocenters. The molecule has 1 aliphatic carbocycles. The molecule has 1 saturated heterocycles. The standard InChI is InChI=1S/C12H16N2O3S/c1-7-3-2-4-8(5-7)13-12-14-11(17)9(18-12)6-10(15)16/h8-9H,1-6H2,(H,15,16)(H,13,14,17). The zero-order valence-electron chi connectivity index (χ0n) is 10.0. The van der Waals surface area contributed by atoms with Crippen LogP contribution in [0.2, 0.25) is 0 Å². The van der Waals surface area contributed by atoms with Crippen molar-refractivity contribution in [3.63, 3.8) is 0 Å².